The fourth-order valence-electron chi connectivity index (χ4n) is 3.52. The van der Waals surface area contributed by atoms with Gasteiger partial charge in [0.15, 0.2) is 0 Å². The molecule has 2 aromatic rings. The summed E-state index contributed by atoms with van der Waals surface area (Å²) in [5, 5.41) is 13.8. The number of nitrogens with one attached hydrogen (secondary N) is 1. The Morgan fingerprint density at radius 1 is 1.17 bits per heavy atom. The summed E-state index contributed by atoms with van der Waals surface area (Å²) >= 11 is 0. The topological polar surface area (TPSA) is 98.5 Å². The molecule has 0 saturated heterocycles. The molecule has 3 unspecified atom stereocenters. The monoisotopic (exact) mass is 410 g/mol. The smallest absolute Gasteiger partial charge is 0.328 e. The highest BCUT2D eigenvalue weighted by atomic mass is 16.6. The predicted molar refractivity (Wildman–Crippen MR) is 112 cm³/mol. The SMILES string of the molecule is CC(C)CC(NC(=O)C1CC1c1cccc([N+](=O)[O-])c1)C(=O)OCc1ccccc1. The zero-order valence-corrected chi connectivity index (χ0v) is 17.1. The summed E-state index contributed by atoms with van der Waals surface area (Å²) in [6, 6.07) is 15.0. The van der Waals surface area contributed by atoms with Crippen molar-refractivity contribution in [1.82, 2.24) is 5.32 Å². The van der Waals surface area contributed by atoms with Crippen molar-refractivity contribution >= 4 is 17.6 Å². The van der Waals surface area contributed by atoms with E-state index < -0.39 is 16.9 Å². The van der Waals surface area contributed by atoms with Gasteiger partial charge in [0.1, 0.15) is 12.6 Å². The van der Waals surface area contributed by atoms with Crippen LogP contribution in [0.1, 0.15) is 43.7 Å². The Bertz CT molecular complexity index is 913. The molecule has 1 fully saturated rings. The second-order valence-corrected chi connectivity index (χ2v) is 8.08. The molecular weight excluding hydrogens is 384 g/mol. The van der Waals surface area contributed by atoms with Crippen LogP contribution in [0.4, 0.5) is 5.69 Å². The molecule has 7 heteroatoms. The first-order valence-corrected chi connectivity index (χ1v) is 10.1. The predicted octanol–water partition coefficient (Wildman–Crippen LogP) is 3.97. The van der Waals surface area contributed by atoms with E-state index in [9.17, 15) is 19.7 Å². The molecule has 3 atom stereocenters. The number of amides is 1. The van der Waals surface area contributed by atoms with E-state index in [0.29, 0.717) is 12.8 Å². The zero-order valence-electron chi connectivity index (χ0n) is 17.1. The van der Waals surface area contributed by atoms with Crippen molar-refractivity contribution in [2.45, 2.75) is 45.3 Å². The van der Waals surface area contributed by atoms with Crippen molar-refractivity contribution < 1.29 is 19.2 Å². The van der Waals surface area contributed by atoms with E-state index in [1.807, 2.05) is 44.2 Å². The van der Waals surface area contributed by atoms with Crippen LogP contribution in [0.15, 0.2) is 54.6 Å². The number of nitrogens with zero attached hydrogens (tertiary/aromatic N) is 1. The zero-order chi connectivity index (χ0) is 21.7. The van der Waals surface area contributed by atoms with Crippen LogP contribution in [0.2, 0.25) is 0 Å². The number of nitro groups is 1. The van der Waals surface area contributed by atoms with Gasteiger partial charge in [0.05, 0.1) is 4.92 Å². The van der Waals surface area contributed by atoms with E-state index in [0.717, 1.165) is 11.1 Å². The number of ether oxygens (including phenoxy) is 1. The summed E-state index contributed by atoms with van der Waals surface area (Å²) < 4.78 is 5.42. The Balaban J connectivity index is 1.59. The van der Waals surface area contributed by atoms with Gasteiger partial charge in [-0.2, -0.15) is 0 Å². The Labute approximate surface area is 175 Å². The molecule has 1 amide bonds. The van der Waals surface area contributed by atoms with Gasteiger partial charge in [-0.25, -0.2) is 4.79 Å². The standard InChI is InChI=1S/C23H26N2O5/c1-15(2)11-21(23(27)30-14-16-7-4-3-5-8-16)24-22(26)20-13-19(20)17-9-6-10-18(12-17)25(28)29/h3-10,12,15,19-21H,11,13-14H2,1-2H3,(H,24,26). The lowest BCUT2D eigenvalue weighted by Gasteiger charge is -2.19. The van der Waals surface area contributed by atoms with Gasteiger partial charge in [-0.15, -0.1) is 0 Å². The lowest BCUT2D eigenvalue weighted by molar-refractivity contribution is -0.384. The van der Waals surface area contributed by atoms with Crippen molar-refractivity contribution in [2.75, 3.05) is 0 Å². The van der Waals surface area contributed by atoms with Crippen LogP contribution in [-0.4, -0.2) is 22.8 Å². The first-order valence-electron chi connectivity index (χ1n) is 10.1. The first kappa shape index (κ1) is 21.5. The quantitative estimate of drug-likeness (QED) is 0.383. The molecule has 7 nitrogen and oxygen atoms in total. The normalized spacial score (nSPS) is 18.5. The molecule has 0 bridgehead atoms. The summed E-state index contributed by atoms with van der Waals surface area (Å²) in [4.78, 5) is 35.8. The van der Waals surface area contributed by atoms with E-state index >= 15 is 0 Å². The molecule has 1 N–H and O–H groups in total. The average molecular weight is 410 g/mol. The van der Waals surface area contributed by atoms with Gasteiger partial charge in [-0.05, 0) is 35.8 Å². The highest BCUT2D eigenvalue weighted by molar-refractivity contribution is 5.88. The number of esters is 1. The first-order chi connectivity index (χ1) is 14.3. The third-order valence-electron chi connectivity index (χ3n) is 5.17. The second-order valence-electron chi connectivity index (χ2n) is 8.08. The summed E-state index contributed by atoms with van der Waals surface area (Å²) in [7, 11) is 0. The maximum Gasteiger partial charge on any atom is 0.328 e. The van der Waals surface area contributed by atoms with Crippen LogP contribution < -0.4 is 5.32 Å². The fourth-order valence-corrected chi connectivity index (χ4v) is 3.52. The molecule has 158 valence electrons. The van der Waals surface area contributed by atoms with Crippen LogP contribution in [-0.2, 0) is 20.9 Å². The number of benzene rings is 2. The van der Waals surface area contributed by atoms with Gasteiger partial charge in [-0.3, -0.25) is 14.9 Å². The van der Waals surface area contributed by atoms with E-state index in [1.165, 1.54) is 12.1 Å². The van der Waals surface area contributed by atoms with Crippen molar-refractivity contribution in [1.29, 1.82) is 0 Å². The molecule has 3 rings (SSSR count). The van der Waals surface area contributed by atoms with Crippen LogP contribution in [0.5, 0.6) is 0 Å². The number of carbonyl (C=O) groups excluding carboxylic acids is 2. The minimum atomic E-state index is -0.715. The van der Waals surface area contributed by atoms with Gasteiger partial charge >= 0.3 is 5.97 Å². The largest absolute Gasteiger partial charge is 0.459 e. The molecule has 2 aromatic carbocycles. The van der Waals surface area contributed by atoms with Crippen LogP contribution in [0.3, 0.4) is 0 Å². The number of rotatable bonds is 9. The van der Waals surface area contributed by atoms with Crippen molar-refractivity contribution in [3.05, 3.63) is 75.8 Å². The summed E-state index contributed by atoms with van der Waals surface area (Å²) in [5.41, 5.74) is 1.67. The van der Waals surface area contributed by atoms with Gasteiger partial charge < -0.3 is 10.1 Å². The summed E-state index contributed by atoms with van der Waals surface area (Å²) in [5.74, 6) is -0.817. The molecule has 30 heavy (non-hydrogen) atoms. The van der Waals surface area contributed by atoms with Crippen molar-refractivity contribution in [3.63, 3.8) is 0 Å². The van der Waals surface area contributed by atoms with Gasteiger partial charge in [0.25, 0.3) is 5.69 Å². The maximum absolute atomic E-state index is 12.7. The molecule has 0 radical (unpaired) electrons. The highest BCUT2D eigenvalue weighted by Crippen LogP contribution is 2.48. The molecule has 1 saturated carbocycles. The van der Waals surface area contributed by atoms with E-state index in [1.54, 1.807) is 12.1 Å². The third kappa shape index (κ3) is 5.65. The molecule has 0 aliphatic heterocycles. The van der Waals surface area contributed by atoms with Crippen LogP contribution >= 0.6 is 0 Å². The number of non-ortho nitro benzene ring substituents is 1. The minimum Gasteiger partial charge on any atom is -0.459 e. The lowest BCUT2D eigenvalue weighted by Crippen LogP contribution is -2.43. The van der Waals surface area contributed by atoms with Gasteiger partial charge in [0, 0.05) is 18.1 Å². The molecule has 0 spiro atoms. The third-order valence-corrected chi connectivity index (χ3v) is 5.17. The van der Waals surface area contributed by atoms with Crippen LogP contribution in [0.25, 0.3) is 0 Å². The minimum absolute atomic E-state index is 0.0146. The lowest BCUT2D eigenvalue weighted by atomic mass is 10.0. The number of nitro benzene ring substituents is 1. The Morgan fingerprint density at radius 2 is 1.90 bits per heavy atom. The number of carbonyl (C=O) groups is 2. The summed E-state index contributed by atoms with van der Waals surface area (Å²) in [6.45, 7) is 4.11. The number of hydrogen-bond acceptors (Lipinski definition) is 5. The second kappa shape index (κ2) is 9.52. The van der Waals surface area contributed by atoms with E-state index in [2.05, 4.69) is 5.32 Å². The molecule has 1 aliphatic carbocycles. The van der Waals surface area contributed by atoms with E-state index in [4.69, 9.17) is 4.74 Å². The van der Waals surface area contributed by atoms with Crippen LogP contribution in [0, 0.1) is 22.0 Å². The number of hydrogen-bond donors (Lipinski definition) is 1. The van der Waals surface area contributed by atoms with Gasteiger partial charge in [0.2, 0.25) is 5.91 Å². The summed E-state index contributed by atoms with van der Waals surface area (Å²) in [6.07, 6.45) is 1.09. The molecule has 1 aliphatic rings. The fraction of sp³-hybridized carbons (Fsp3) is 0.391. The molecular formula is C23H26N2O5. The maximum atomic E-state index is 12.7. The Kier molecular flexibility index (Phi) is 6.82. The van der Waals surface area contributed by atoms with Crippen molar-refractivity contribution in [2.24, 2.45) is 11.8 Å². The Morgan fingerprint density at radius 3 is 2.57 bits per heavy atom. The van der Waals surface area contributed by atoms with Gasteiger partial charge in [-0.1, -0.05) is 56.3 Å². The molecule has 0 aromatic heterocycles. The molecule has 0 heterocycles. The average Bonchev–Trinajstić information content (AvgIpc) is 3.53. The Hall–Kier alpha value is -3.22. The van der Waals surface area contributed by atoms with Crippen molar-refractivity contribution in [3.8, 4) is 0 Å². The van der Waals surface area contributed by atoms with E-state index in [-0.39, 0.29) is 36.0 Å². The highest BCUT2D eigenvalue weighted by Gasteiger charge is 2.45.